The molecule has 110 valence electrons. The molecule has 2 N–H and O–H groups in total. The van der Waals surface area contributed by atoms with Crippen LogP contribution in [-0.4, -0.2) is 13.0 Å². The Morgan fingerprint density at radius 3 is 2.57 bits per heavy atom. The third-order valence-electron chi connectivity index (χ3n) is 3.47. The molecule has 21 heavy (non-hydrogen) atoms. The molecule has 4 heteroatoms. The molecule has 0 heterocycles. The predicted molar refractivity (Wildman–Crippen MR) is 83.0 cm³/mol. The van der Waals surface area contributed by atoms with Crippen molar-refractivity contribution in [3.63, 3.8) is 0 Å². The van der Waals surface area contributed by atoms with E-state index in [0.717, 1.165) is 11.3 Å². The van der Waals surface area contributed by atoms with E-state index in [1.807, 2.05) is 26.0 Å². The zero-order chi connectivity index (χ0) is 15.4. The van der Waals surface area contributed by atoms with Gasteiger partial charge in [0, 0.05) is 23.9 Å². The molecule has 1 unspecified atom stereocenters. The predicted octanol–water partition coefficient (Wildman–Crippen LogP) is 3.67. The average Bonchev–Trinajstić information content (AvgIpc) is 2.49. The highest BCUT2D eigenvalue weighted by atomic mass is 19.1. The van der Waals surface area contributed by atoms with E-state index in [2.05, 4.69) is 10.6 Å². The summed E-state index contributed by atoms with van der Waals surface area (Å²) in [6, 6.07) is 11.9. The minimum Gasteiger partial charge on any atom is -0.378 e. The molecule has 0 spiro atoms. The number of aryl methyl sites for hydroxylation is 1. The van der Waals surface area contributed by atoms with E-state index in [0.29, 0.717) is 11.1 Å². The molecule has 2 rings (SSSR count). The van der Waals surface area contributed by atoms with E-state index < -0.39 is 0 Å². The fourth-order valence-electron chi connectivity index (χ4n) is 2.20. The zero-order valence-corrected chi connectivity index (χ0v) is 12.4. The molecule has 3 nitrogen and oxygen atoms in total. The van der Waals surface area contributed by atoms with E-state index in [1.165, 1.54) is 6.07 Å². The first-order valence-corrected chi connectivity index (χ1v) is 6.86. The van der Waals surface area contributed by atoms with E-state index in [4.69, 9.17) is 0 Å². The molecule has 0 aliphatic rings. The minimum absolute atomic E-state index is 0.142. The van der Waals surface area contributed by atoms with Gasteiger partial charge in [-0.05, 0) is 37.6 Å². The van der Waals surface area contributed by atoms with E-state index in [-0.39, 0.29) is 17.8 Å². The normalized spacial score (nSPS) is 11.8. The van der Waals surface area contributed by atoms with Gasteiger partial charge in [-0.3, -0.25) is 4.79 Å². The lowest BCUT2D eigenvalue weighted by molar-refractivity contribution is 0.0963. The van der Waals surface area contributed by atoms with Crippen LogP contribution in [-0.2, 0) is 0 Å². The van der Waals surface area contributed by atoms with E-state index in [1.54, 1.807) is 31.3 Å². The maximum atomic E-state index is 13.8. The number of halogens is 1. The fourth-order valence-corrected chi connectivity index (χ4v) is 2.20. The molecule has 1 atom stereocenters. The summed E-state index contributed by atoms with van der Waals surface area (Å²) in [4.78, 5) is 11.7. The SMILES string of the molecule is CNC(=O)c1ccc(C)c(NC(C)c2ccccc2F)c1. The largest absolute Gasteiger partial charge is 0.378 e. The lowest BCUT2D eigenvalue weighted by atomic mass is 10.1. The van der Waals surface area contributed by atoms with Crippen LogP contribution in [0.1, 0.15) is 34.5 Å². The van der Waals surface area contributed by atoms with Gasteiger partial charge in [-0.1, -0.05) is 24.3 Å². The summed E-state index contributed by atoms with van der Waals surface area (Å²) in [5, 5.41) is 5.86. The summed E-state index contributed by atoms with van der Waals surface area (Å²) in [6.07, 6.45) is 0. The van der Waals surface area contributed by atoms with Gasteiger partial charge in [0.1, 0.15) is 5.82 Å². The lowest BCUT2D eigenvalue weighted by Crippen LogP contribution is -2.18. The van der Waals surface area contributed by atoms with Crippen molar-refractivity contribution in [3.8, 4) is 0 Å². The van der Waals surface area contributed by atoms with Crippen molar-refractivity contribution in [2.45, 2.75) is 19.9 Å². The van der Waals surface area contributed by atoms with Gasteiger partial charge in [0.15, 0.2) is 0 Å². The Kier molecular flexibility index (Phi) is 4.58. The topological polar surface area (TPSA) is 41.1 Å². The fraction of sp³-hybridized carbons (Fsp3) is 0.235. The highest BCUT2D eigenvalue weighted by molar-refractivity contribution is 5.95. The number of hydrogen-bond acceptors (Lipinski definition) is 2. The number of amides is 1. The Balaban J connectivity index is 2.27. The second-order valence-corrected chi connectivity index (χ2v) is 5.00. The third-order valence-corrected chi connectivity index (χ3v) is 3.47. The number of carbonyl (C=O) groups excluding carboxylic acids is 1. The van der Waals surface area contributed by atoms with E-state index >= 15 is 0 Å². The van der Waals surface area contributed by atoms with Gasteiger partial charge in [-0.25, -0.2) is 4.39 Å². The quantitative estimate of drug-likeness (QED) is 0.900. The van der Waals surface area contributed by atoms with Gasteiger partial charge in [0.25, 0.3) is 5.91 Å². The van der Waals surface area contributed by atoms with Crippen molar-refractivity contribution in [1.29, 1.82) is 0 Å². The van der Waals surface area contributed by atoms with Gasteiger partial charge in [-0.15, -0.1) is 0 Å². The maximum Gasteiger partial charge on any atom is 0.251 e. The maximum absolute atomic E-state index is 13.8. The Labute approximate surface area is 124 Å². The van der Waals surface area contributed by atoms with Crippen molar-refractivity contribution in [2.24, 2.45) is 0 Å². The molecule has 2 aromatic carbocycles. The molecular formula is C17H19FN2O. The highest BCUT2D eigenvalue weighted by Gasteiger charge is 2.12. The minimum atomic E-state index is -0.238. The molecule has 0 aliphatic carbocycles. The standard InChI is InChI=1S/C17H19FN2O/c1-11-8-9-13(17(21)19-3)10-16(11)20-12(2)14-6-4-5-7-15(14)18/h4-10,12,20H,1-3H3,(H,19,21). The number of nitrogens with one attached hydrogen (secondary N) is 2. The Morgan fingerprint density at radius 2 is 1.90 bits per heavy atom. The number of carbonyl (C=O) groups is 1. The molecule has 0 radical (unpaired) electrons. The monoisotopic (exact) mass is 286 g/mol. The number of anilines is 1. The summed E-state index contributed by atoms with van der Waals surface area (Å²) in [5.74, 6) is -0.380. The van der Waals surface area contributed by atoms with Crippen LogP contribution < -0.4 is 10.6 Å². The van der Waals surface area contributed by atoms with Gasteiger partial charge in [-0.2, -0.15) is 0 Å². The Morgan fingerprint density at radius 1 is 1.19 bits per heavy atom. The summed E-state index contributed by atoms with van der Waals surface area (Å²) in [7, 11) is 1.59. The van der Waals surface area contributed by atoms with Crippen LogP contribution in [0.3, 0.4) is 0 Å². The first-order valence-electron chi connectivity index (χ1n) is 6.86. The molecule has 0 aliphatic heterocycles. The second-order valence-electron chi connectivity index (χ2n) is 5.00. The number of benzene rings is 2. The van der Waals surface area contributed by atoms with Gasteiger partial charge in [0.05, 0.1) is 6.04 Å². The first-order chi connectivity index (χ1) is 10.0. The molecular weight excluding hydrogens is 267 g/mol. The van der Waals surface area contributed by atoms with Gasteiger partial charge >= 0.3 is 0 Å². The molecule has 2 aromatic rings. The summed E-state index contributed by atoms with van der Waals surface area (Å²) >= 11 is 0. The van der Waals surface area contributed by atoms with E-state index in [9.17, 15) is 9.18 Å². The summed E-state index contributed by atoms with van der Waals surface area (Å²) in [6.45, 7) is 3.84. The van der Waals surface area contributed by atoms with Crippen LogP contribution in [0.15, 0.2) is 42.5 Å². The van der Waals surface area contributed by atoms with Gasteiger partial charge < -0.3 is 10.6 Å². The van der Waals surface area contributed by atoms with Crippen molar-refractivity contribution in [2.75, 3.05) is 12.4 Å². The summed E-state index contributed by atoms with van der Waals surface area (Å²) in [5.41, 5.74) is 3.01. The van der Waals surface area contributed by atoms with Crippen LogP contribution in [0.5, 0.6) is 0 Å². The van der Waals surface area contributed by atoms with Gasteiger partial charge in [0.2, 0.25) is 0 Å². The van der Waals surface area contributed by atoms with Crippen LogP contribution in [0.2, 0.25) is 0 Å². The molecule has 0 saturated carbocycles. The number of hydrogen-bond donors (Lipinski definition) is 2. The molecule has 1 amide bonds. The lowest BCUT2D eigenvalue weighted by Gasteiger charge is -2.18. The van der Waals surface area contributed by atoms with Crippen LogP contribution in [0.4, 0.5) is 10.1 Å². The molecule has 0 saturated heterocycles. The smallest absolute Gasteiger partial charge is 0.251 e. The zero-order valence-electron chi connectivity index (χ0n) is 12.4. The second kappa shape index (κ2) is 6.39. The van der Waals surface area contributed by atoms with Crippen molar-refractivity contribution < 1.29 is 9.18 Å². The molecule has 0 aromatic heterocycles. The third kappa shape index (κ3) is 3.40. The van der Waals surface area contributed by atoms with Crippen LogP contribution in [0.25, 0.3) is 0 Å². The van der Waals surface area contributed by atoms with Crippen molar-refractivity contribution in [1.82, 2.24) is 5.32 Å². The average molecular weight is 286 g/mol. The summed E-state index contributed by atoms with van der Waals surface area (Å²) < 4.78 is 13.8. The Bertz CT molecular complexity index is 655. The first kappa shape index (κ1) is 15.0. The highest BCUT2D eigenvalue weighted by Crippen LogP contribution is 2.24. The number of rotatable bonds is 4. The molecule has 0 bridgehead atoms. The van der Waals surface area contributed by atoms with Crippen molar-refractivity contribution in [3.05, 3.63) is 65.0 Å². The Hall–Kier alpha value is -2.36. The molecule has 0 fully saturated rings. The van der Waals surface area contributed by atoms with Crippen molar-refractivity contribution >= 4 is 11.6 Å². The van der Waals surface area contributed by atoms with Crippen LogP contribution in [0, 0.1) is 12.7 Å². The van der Waals surface area contributed by atoms with Crippen LogP contribution >= 0.6 is 0 Å².